The zero-order valence-corrected chi connectivity index (χ0v) is 17.9. The van der Waals surface area contributed by atoms with Crippen LogP contribution < -0.4 is 10.6 Å². The molecular formula is C25H26N2O4. The number of nitrogens with one attached hydrogen (secondary N) is 2. The number of fused-ring (bicyclic) bond motifs is 2. The summed E-state index contributed by atoms with van der Waals surface area (Å²) in [5.41, 5.74) is 2.59. The Balaban J connectivity index is 1.47. The van der Waals surface area contributed by atoms with Gasteiger partial charge in [-0.2, -0.15) is 0 Å². The fourth-order valence-corrected chi connectivity index (χ4v) is 3.66. The Morgan fingerprint density at radius 1 is 0.935 bits per heavy atom. The first-order chi connectivity index (χ1) is 15.0. The first-order valence-electron chi connectivity index (χ1n) is 10.5. The molecule has 0 saturated heterocycles. The van der Waals surface area contributed by atoms with Crippen molar-refractivity contribution in [3.05, 3.63) is 71.7 Å². The van der Waals surface area contributed by atoms with Crippen LogP contribution in [0.15, 0.2) is 63.6 Å². The Labute approximate surface area is 180 Å². The fraction of sp³-hybridized carbons (Fsp3) is 0.280. The summed E-state index contributed by atoms with van der Waals surface area (Å²) in [7, 11) is 1.76. The van der Waals surface area contributed by atoms with Gasteiger partial charge in [-0.1, -0.05) is 31.2 Å². The average Bonchev–Trinajstić information content (AvgIpc) is 3.43. The monoisotopic (exact) mass is 418 g/mol. The number of carbonyl (C=O) groups is 2. The summed E-state index contributed by atoms with van der Waals surface area (Å²) in [6.07, 6.45) is 2.27. The molecule has 0 radical (unpaired) electrons. The summed E-state index contributed by atoms with van der Waals surface area (Å²) < 4.78 is 11.4. The van der Waals surface area contributed by atoms with E-state index in [0.717, 1.165) is 10.8 Å². The molecule has 0 aliphatic carbocycles. The summed E-state index contributed by atoms with van der Waals surface area (Å²) in [6.45, 7) is 4.22. The molecule has 2 aromatic carbocycles. The van der Waals surface area contributed by atoms with Crippen LogP contribution in [0.1, 0.15) is 46.7 Å². The van der Waals surface area contributed by atoms with E-state index in [-0.39, 0.29) is 23.7 Å². The highest BCUT2D eigenvalue weighted by Crippen LogP contribution is 2.22. The normalized spacial score (nSPS) is 13.5. The van der Waals surface area contributed by atoms with Crippen molar-refractivity contribution in [3.8, 4) is 0 Å². The van der Waals surface area contributed by atoms with Crippen LogP contribution in [0.4, 0.5) is 0 Å². The molecule has 0 spiro atoms. The Morgan fingerprint density at radius 3 is 2.39 bits per heavy atom. The minimum absolute atomic E-state index is 0.0191. The van der Waals surface area contributed by atoms with Gasteiger partial charge in [0.25, 0.3) is 0 Å². The van der Waals surface area contributed by atoms with E-state index in [1.807, 2.05) is 50.2 Å². The third-order valence-electron chi connectivity index (χ3n) is 5.67. The Bertz CT molecular complexity index is 1240. The summed E-state index contributed by atoms with van der Waals surface area (Å²) in [4.78, 5) is 25.4. The van der Waals surface area contributed by atoms with Gasteiger partial charge in [0.1, 0.15) is 16.9 Å². The lowest BCUT2D eigenvalue weighted by molar-refractivity contribution is 0.0935. The first-order valence-corrected chi connectivity index (χ1v) is 10.5. The van der Waals surface area contributed by atoms with Crippen LogP contribution in [0.3, 0.4) is 0 Å². The van der Waals surface area contributed by atoms with Gasteiger partial charge in [0.15, 0.2) is 11.6 Å². The molecule has 2 N–H and O–H groups in total. The van der Waals surface area contributed by atoms with E-state index >= 15 is 0 Å². The summed E-state index contributed by atoms with van der Waals surface area (Å²) in [5.74, 6) is 0.755. The van der Waals surface area contributed by atoms with Gasteiger partial charge in [-0.25, -0.2) is 0 Å². The highest BCUT2D eigenvalue weighted by Gasteiger charge is 2.20. The summed E-state index contributed by atoms with van der Waals surface area (Å²) in [6, 6.07) is 14.2. The lowest BCUT2D eigenvalue weighted by Gasteiger charge is -2.15. The largest absolute Gasteiger partial charge is 0.464 e. The summed E-state index contributed by atoms with van der Waals surface area (Å²) >= 11 is 0. The predicted molar refractivity (Wildman–Crippen MR) is 121 cm³/mol. The van der Waals surface area contributed by atoms with Crippen molar-refractivity contribution >= 4 is 33.5 Å². The maximum atomic E-state index is 13.0. The van der Waals surface area contributed by atoms with Crippen molar-refractivity contribution in [2.24, 2.45) is 0 Å². The quantitative estimate of drug-likeness (QED) is 0.383. The zero-order valence-electron chi connectivity index (χ0n) is 17.9. The molecule has 4 rings (SSSR count). The van der Waals surface area contributed by atoms with Gasteiger partial charge in [-0.3, -0.25) is 9.59 Å². The third kappa shape index (κ3) is 4.31. The van der Waals surface area contributed by atoms with E-state index in [1.165, 1.54) is 0 Å². The van der Waals surface area contributed by atoms with Crippen molar-refractivity contribution in [1.82, 2.24) is 10.6 Å². The minimum Gasteiger partial charge on any atom is -0.464 e. The van der Waals surface area contributed by atoms with Gasteiger partial charge in [-0.15, -0.1) is 0 Å². The number of hydrogen-bond acceptors (Lipinski definition) is 6. The number of likely N-dealkylation sites (N-methyl/N-ethyl adjacent to an activating group) is 1. The molecule has 0 aliphatic rings. The van der Waals surface area contributed by atoms with E-state index < -0.39 is 0 Å². The number of Topliss-reactive ketones (excluding diaryl/α,β-unsaturated/α-hetero) is 2. The summed E-state index contributed by atoms with van der Waals surface area (Å²) in [5, 5.41) is 8.16. The van der Waals surface area contributed by atoms with Gasteiger partial charge in [0.05, 0.1) is 24.9 Å². The molecule has 0 amide bonds. The molecule has 2 unspecified atom stereocenters. The third-order valence-corrected chi connectivity index (χ3v) is 5.67. The standard InChI is InChI=1S/C25H26N2O4/c1-4-21(25(29)19-7-5-16-9-10-30-22(16)12-19)27-14-20-11-17-6-8-18(13-23(17)31-20)24(28)15(2)26-3/h5-13,15,21,26-27H,4,14H2,1-3H3. The predicted octanol–water partition coefficient (Wildman–Crippen LogP) is 4.72. The molecule has 0 saturated carbocycles. The first kappa shape index (κ1) is 21.0. The zero-order chi connectivity index (χ0) is 22.0. The molecule has 6 nitrogen and oxygen atoms in total. The number of rotatable bonds is 9. The topological polar surface area (TPSA) is 84.5 Å². The van der Waals surface area contributed by atoms with Gasteiger partial charge in [0, 0.05) is 21.9 Å². The number of carbonyl (C=O) groups excluding carboxylic acids is 2. The van der Waals surface area contributed by atoms with Crippen LogP contribution in [-0.4, -0.2) is 30.7 Å². The smallest absolute Gasteiger partial charge is 0.179 e. The Morgan fingerprint density at radius 2 is 1.65 bits per heavy atom. The molecule has 0 aliphatic heterocycles. The maximum Gasteiger partial charge on any atom is 0.179 e. The molecule has 2 aromatic heterocycles. The Hall–Kier alpha value is -3.22. The van der Waals surface area contributed by atoms with E-state index in [0.29, 0.717) is 41.0 Å². The van der Waals surface area contributed by atoms with Crippen LogP contribution >= 0.6 is 0 Å². The van der Waals surface area contributed by atoms with Gasteiger partial charge in [-0.05, 0) is 44.7 Å². The van der Waals surface area contributed by atoms with Crippen molar-refractivity contribution in [1.29, 1.82) is 0 Å². The van der Waals surface area contributed by atoms with Crippen molar-refractivity contribution in [3.63, 3.8) is 0 Å². The highest BCUT2D eigenvalue weighted by atomic mass is 16.3. The van der Waals surface area contributed by atoms with Crippen molar-refractivity contribution in [2.45, 2.75) is 38.9 Å². The maximum absolute atomic E-state index is 13.0. The molecule has 2 atom stereocenters. The lowest BCUT2D eigenvalue weighted by Crippen LogP contribution is -2.35. The molecule has 0 bridgehead atoms. The minimum atomic E-state index is -0.339. The molecular weight excluding hydrogens is 392 g/mol. The molecule has 160 valence electrons. The van der Waals surface area contributed by atoms with Crippen molar-refractivity contribution < 1.29 is 18.4 Å². The van der Waals surface area contributed by atoms with Crippen LogP contribution in [0.5, 0.6) is 0 Å². The molecule has 2 heterocycles. The van der Waals surface area contributed by atoms with Crippen LogP contribution in [0, 0.1) is 0 Å². The van der Waals surface area contributed by atoms with Gasteiger partial charge >= 0.3 is 0 Å². The number of benzene rings is 2. The second-order valence-corrected chi connectivity index (χ2v) is 7.72. The van der Waals surface area contributed by atoms with Gasteiger partial charge in [0.2, 0.25) is 0 Å². The second-order valence-electron chi connectivity index (χ2n) is 7.72. The fourth-order valence-electron chi connectivity index (χ4n) is 3.66. The highest BCUT2D eigenvalue weighted by molar-refractivity contribution is 6.03. The van der Waals surface area contributed by atoms with Crippen LogP contribution in [-0.2, 0) is 6.54 Å². The number of hydrogen-bond donors (Lipinski definition) is 2. The SMILES string of the molecule is CCC(NCc1cc2ccc(C(=O)C(C)NC)cc2o1)C(=O)c1ccc2ccoc2c1. The molecule has 4 aromatic rings. The van der Waals surface area contributed by atoms with Crippen molar-refractivity contribution in [2.75, 3.05) is 7.05 Å². The number of ketones is 2. The van der Waals surface area contributed by atoms with E-state index in [2.05, 4.69) is 10.6 Å². The average molecular weight is 418 g/mol. The van der Waals surface area contributed by atoms with Gasteiger partial charge < -0.3 is 19.5 Å². The van der Waals surface area contributed by atoms with E-state index in [9.17, 15) is 9.59 Å². The van der Waals surface area contributed by atoms with Crippen LogP contribution in [0.25, 0.3) is 21.9 Å². The second kappa shape index (κ2) is 8.88. The molecule has 31 heavy (non-hydrogen) atoms. The van der Waals surface area contributed by atoms with E-state index in [4.69, 9.17) is 8.83 Å². The molecule has 0 fully saturated rings. The number of furan rings is 2. The molecule has 6 heteroatoms. The Kier molecular flexibility index (Phi) is 6.02. The van der Waals surface area contributed by atoms with E-state index in [1.54, 1.807) is 25.4 Å². The van der Waals surface area contributed by atoms with Crippen LogP contribution in [0.2, 0.25) is 0 Å². The lowest BCUT2D eigenvalue weighted by atomic mass is 10.0.